The summed E-state index contributed by atoms with van der Waals surface area (Å²) in [4.78, 5) is 15.9. The van der Waals surface area contributed by atoms with Gasteiger partial charge < -0.3 is 0 Å². The summed E-state index contributed by atoms with van der Waals surface area (Å²) in [5.74, 6) is 1.93. The van der Waals surface area contributed by atoms with Crippen molar-refractivity contribution in [2.75, 3.05) is 0 Å². The van der Waals surface area contributed by atoms with Crippen molar-refractivity contribution in [1.29, 1.82) is 0 Å². The Labute approximate surface area is 356 Å². The Bertz CT molecular complexity index is 3590. The Morgan fingerprint density at radius 3 is 1.44 bits per heavy atom. The van der Waals surface area contributed by atoms with Gasteiger partial charge in [-0.25, -0.2) is 15.0 Å². The molecule has 0 N–H and O–H groups in total. The van der Waals surface area contributed by atoms with E-state index < -0.39 is 0 Å². The second-order valence-electron chi connectivity index (χ2n) is 15.5. The van der Waals surface area contributed by atoms with E-state index in [2.05, 4.69) is 206 Å². The highest BCUT2D eigenvalue weighted by atomic mass is 32.1. The van der Waals surface area contributed by atoms with Crippen molar-refractivity contribution in [3.05, 3.63) is 212 Å². The molecule has 0 aliphatic rings. The Hall–Kier alpha value is -7.79. The van der Waals surface area contributed by atoms with Crippen LogP contribution in [0.15, 0.2) is 212 Å². The van der Waals surface area contributed by atoms with Crippen LogP contribution in [0.25, 0.3) is 120 Å². The Balaban J connectivity index is 1.07. The second-order valence-corrected chi connectivity index (χ2v) is 16.5. The van der Waals surface area contributed by atoms with Crippen LogP contribution >= 0.6 is 11.3 Å². The van der Waals surface area contributed by atoms with Crippen molar-refractivity contribution in [3.8, 4) is 67.5 Å². The van der Waals surface area contributed by atoms with Gasteiger partial charge >= 0.3 is 0 Å². The molecule has 12 aromatic rings. The quantitative estimate of drug-likeness (QED) is 0.157. The normalized spacial score (nSPS) is 11.6. The van der Waals surface area contributed by atoms with Crippen LogP contribution in [0.3, 0.4) is 0 Å². The van der Waals surface area contributed by atoms with Crippen molar-refractivity contribution < 1.29 is 0 Å². The van der Waals surface area contributed by atoms with Crippen molar-refractivity contribution in [2.45, 2.75) is 0 Å². The summed E-state index contributed by atoms with van der Waals surface area (Å²) in [6, 6.07) is 75.8. The summed E-state index contributed by atoms with van der Waals surface area (Å²) < 4.78 is 2.42. The van der Waals surface area contributed by atoms with Crippen LogP contribution in [0.2, 0.25) is 0 Å². The van der Waals surface area contributed by atoms with Crippen LogP contribution in [0, 0.1) is 0 Å². The van der Waals surface area contributed by atoms with E-state index in [1.165, 1.54) is 64.0 Å². The first-order valence-electron chi connectivity index (χ1n) is 20.6. The standard InChI is InChI=1S/C57H35N3S/c1-3-16-37(17-4-1)42-20-7-12-26-49(42)56-58-55(59-57(60-56)50-28-15-27-48-43-21-13-14-29-51(43)61-54(48)50)40-33-31-36-30-32-39(34-41(36)35-40)53-46-24-10-8-22-44(46)52(38-18-5-2-6-19-38)45-23-9-11-25-47(45)53/h1-35H. The molecule has 0 aliphatic heterocycles. The first-order valence-corrected chi connectivity index (χ1v) is 21.4. The van der Waals surface area contributed by atoms with E-state index >= 15 is 0 Å². The molecular formula is C57H35N3S. The smallest absolute Gasteiger partial charge is 0.165 e. The molecule has 0 radical (unpaired) electrons. The lowest BCUT2D eigenvalue weighted by Gasteiger charge is -2.18. The third kappa shape index (κ3) is 5.99. The number of nitrogens with zero attached hydrogens (tertiary/aromatic N) is 3. The summed E-state index contributed by atoms with van der Waals surface area (Å²) in [6.45, 7) is 0. The molecule has 0 saturated heterocycles. The van der Waals surface area contributed by atoms with Gasteiger partial charge in [0, 0.05) is 36.9 Å². The molecule has 2 heterocycles. The topological polar surface area (TPSA) is 38.7 Å². The molecule has 0 unspecified atom stereocenters. The first kappa shape index (κ1) is 35.2. The molecule has 0 atom stereocenters. The predicted octanol–water partition coefficient (Wildman–Crippen LogP) is 15.7. The largest absolute Gasteiger partial charge is 0.208 e. The Kier molecular flexibility index (Phi) is 8.36. The highest BCUT2D eigenvalue weighted by Crippen LogP contribution is 2.45. The summed E-state index contributed by atoms with van der Waals surface area (Å²) >= 11 is 1.79. The van der Waals surface area contributed by atoms with Gasteiger partial charge in [0.1, 0.15) is 0 Å². The van der Waals surface area contributed by atoms with Gasteiger partial charge in [-0.15, -0.1) is 11.3 Å². The van der Waals surface area contributed by atoms with E-state index in [0.717, 1.165) is 38.6 Å². The third-order valence-electron chi connectivity index (χ3n) is 11.9. The fraction of sp³-hybridized carbons (Fsp3) is 0. The number of hydrogen-bond acceptors (Lipinski definition) is 4. The van der Waals surface area contributed by atoms with Crippen LogP contribution in [0.4, 0.5) is 0 Å². The second kappa shape index (κ2) is 14.5. The molecule has 0 fully saturated rings. The molecule has 0 spiro atoms. The monoisotopic (exact) mass is 793 g/mol. The molecule has 3 nitrogen and oxygen atoms in total. The van der Waals surface area contributed by atoms with Crippen molar-refractivity contribution in [3.63, 3.8) is 0 Å². The highest BCUT2D eigenvalue weighted by molar-refractivity contribution is 7.26. The van der Waals surface area contributed by atoms with E-state index in [1.807, 2.05) is 6.07 Å². The Morgan fingerprint density at radius 1 is 0.279 bits per heavy atom. The number of benzene rings is 10. The lowest BCUT2D eigenvalue weighted by Crippen LogP contribution is -2.01. The highest BCUT2D eigenvalue weighted by Gasteiger charge is 2.20. The van der Waals surface area contributed by atoms with E-state index in [1.54, 1.807) is 11.3 Å². The maximum absolute atomic E-state index is 5.31. The summed E-state index contributed by atoms with van der Waals surface area (Å²) in [5, 5.41) is 9.67. The number of hydrogen-bond donors (Lipinski definition) is 0. The molecular weight excluding hydrogens is 759 g/mol. The SMILES string of the molecule is c1ccc(-c2ccccc2-c2nc(-c3ccc4ccc(-c5c6ccccc6c(-c6ccccc6)c6ccccc56)cc4c3)nc(-c3cccc4c3sc3ccccc34)n2)cc1. The predicted molar refractivity (Wildman–Crippen MR) is 258 cm³/mol. The number of thiophene rings is 1. The van der Waals surface area contributed by atoms with Crippen LogP contribution in [-0.2, 0) is 0 Å². The average molecular weight is 794 g/mol. The molecule has 0 amide bonds. The Morgan fingerprint density at radius 2 is 0.754 bits per heavy atom. The van der Waals surface area contributed by atoms with Gasteiger partial charge in [-0.05, 0) is 90.0 Å². The van der Waals surface area contributed by atoms with Crippen molar-refractivity contribution >= 4 is 63.8 Å². The zero-order valence-corrected chi connectivity index (χ0v) is 33.8. The summed E-state index contributed by atoms with van der Waals surface area (Å²) in [7, 11) is 0. The van der Waals surface area contributed by atoms with E-state index in [0.29, 0.717) is 17.5 Å². The van der Waals surface area contributed by atoms with Crippen LogP contribution in [0.1, 0.15) is 0 Å². The lowest BCUT2D eigenvalue weighted by atomic mass is 9.85. The molecule has 0 aliphatic carbocycles. The van der Waals surface area contributed by atoms with Gasteiger partial charge in [-0.3, -0.25) is 0 Å². The minimum Gasteiger partial charge on any atom is -0.208 e. The van der Waals surface area contributed by atoms with Gasteiger partial charge in [0.25, 0.3) is 0 Å². The summed E-state index contributed by atoms with van der Waals surface area (Å²) in [6.07, 6.45) is 0. The van der Waals surface area contributed by atoms with Gasteiger partial charge in [-0.2, -0.15) is 0 Å². The first-order chi connectivity index (χ1) is 30.2. The van der Waals surface area contributed by atoms with E-state index in [-0.39, 0.29) is 0 Å². The van der Waals surface area contributed by atoms with E-state index in [9.17, 15) is 0 Å². The van der Waals surface area contributed by atoms with Crippen molar-refractivity contribution in [1.82, 2.24) is 15.0 Å². The van der Waals surface area contributed by atoms with Gasteiger partial charge in [0.05, 0.1) is 0 Å². The average Bonchev–Trinajstić information content (AvgIpc) is 3.72. The van der Waals surface area contributed by atoms with E-state index in [4.69, 9.17) is 15.0 Å². The minimum absolute atomic E-state index is 0.636. The molecule has 10 aromatic carbocycles. The van der Waals surface area contributed by atoms with Crippen LogP contribution < -0.4 is 0 Å². The fourth-order valence-corrected chi connectivity index (χ4v) is 10.3. The van der Waals surface area contributed by atoms with Gasteiger partial charge in [0.2, 0.25) is 0 Å². The fourth-order valence-electron chi connectivity index (χ4n) is 9.11. The maximum Gasteiger partial charge on any atom is 0.165 e. The molecule has 284 valence electrons. The minimum atomic E-state index is 0.636. The number of aromatic nitrogens is 3. The molecule has 2 aromatic heterocycles. The molecule has 4 heteroatoms. The van der Waals surface area contributed by atoms with Crippen molar-refractivity contribution in [2.24, 2.45) is 0 Å². The molecule has 0 bridgehead atoms. The van der Waals surface area contributed by atoms with Crippen LogP contribution in [0.5, 0.6) is 0 Å². The number of rotatable bonds is 6. The number of fused-ring (bicyclic) bond motifs is 6. The summed E-state index contributed by atoms with van der Waals surface area (Å²) in [5.41, 5.74) is 9.97. The maximum atomic E-state index is 5.31. The van der Waals surface area contributed by atoms with Gasteiger partial charge in [-0.1, -0.05) is 188 Å². The van der Waals surface area contributed by atoms with Crippen LogP contribution in [-0.4, -0.2) is 15.0 Å². The zero-order valence-electron chi connectivity index (χ0n) is 33.0. The third-order valence-corrected chi connectivity index (χ3v) is 13.1. The zero-order chi connectivity index (χ0) is 40.3. The molecule has 0 saturated carbocycles. The molecule has 61 heavy (non-hydrogen) atoms. The lowest BCUT2D eigenvalue weighted by molar-refractivity contribution is 1.08. The van der Waals surface area contributed by atoms with Gasteiger partial charge in [0.15, 0.2) is 17.5 Å². The molecule has 12 rings (SSSR count).